The molecule has 4 aromatic rings. The van der Waals surface area contributed by atoms with Crippen LogP contribution in [0.4, 0.5) is 10.8 Å². The van der Waals surface area contributed by atoms with Crippen LogP contribution in [0.15, 0.2) is 77.1 Å². The predicted octanol–water partition coefficient (Wildman–Crippen LogP) is 6.18. The van der Waals surface area contributed by atoms with Crippen LogP contribution in [0.1, 0.15) is 15.9 Å². The topological polar surface area (TPSA) is 58.1 Å². The van der Waals surface area contributed by atoms with Crippen molar-refractivity contribution in [3.63, 3.8) is 0 Å². The number of pyridine rings is 1. The normalized spacial score (nSPS) is 12.6. The van der Waals surface area contributed by atoms with Crippen molar-refractivity contribution in [2.24, 2.45) is 0 Å². The summed E-state index contributed by atoms with van der Waals surface area (Å²) in [5.41, 5.74) is 4.59. The van der Waals surface area contributed by atoms with Crippen molar-refractivity contribution in [2.45, 2.75) is 11.3 Å². The van der Waals surface area contributed by atoms with Crippen LogP contribution in [-0.4, -0.2) is 22.4 Å². The van der Waals surface area contributed by atoms with E-state index in [0.717, 1.165) is 34.3 Å². The van der Waals surface area contributed by atoms with Crippen molar-refractivity contribution in [3.05, 3.63) is 88.4 Å². The zero-order chi connectivity index (χ0) is 21.2. The van der Waals surface area contributed by atoms with Crippen LogP contribution < -0.4 is 9.62 Å². The molecule has 2 aromatic carbocycles. The lowest BCUT2D eigenvalue weighted by Gasteiger charge is -2.18. The van der Waals surface area contributed by atoms with Gasteiger partial charge in [0.2, 0.25) is 0 Å². The molecule has 0 atom stereocenters. The van der Waals surface area contributed by atoms with Crippen molar-refractivity contribution in [2.75, 3.05) is 16.2 Å². The minimum absolute atomic E-state index is 0.181. The van der Waals surface area contributed by atoms with Gasteiger partial charge in [-0.3, -0.25) is 15.1 Å². The number of halogens is 1. The molecule has 1 aliphatic heterocycles. The molecule has 0 saturated heterocycles. The molecule has 1 amide bonds. The average molecular weight is 465 g/mol. The number of hydrogen-bond acceptors (Lipinski definition) is 6. The largest absolute Gasteiger partial charge is 0.312 e. The zero-order valence-electron chi connectivity index (χ0n) is 16.3. The van der Waals surface area contributed by atoms with Crippen LogP contribution in [0.5, 0.6) is 0 Å². The van der Waals surface area contributed by atoms with E-state index in [2.05, 4.69) is 25.7 Å². The van der Waals surface area contributed by atoms with E-state index in [9.17, 15) is 4.79 Å². The fourth-order valence-electron chi connectivity index (χ4n) is 3.36. The van der Waals surface area contributed by atoms with Crippen molar-refractivity contribution >= 4 is 51.6 Å². The predicted molar refractivity (Wildman–Crippen MR) is 128 cm³/mol. The summed E-state index contributed by atoms with van der Waals surface area (Å²) >= 11 is 9.15. The lowest BCUT2D eigenvalue weighted by atomic mass is 10.2. The van der Waals surface area contributed by atoms with E-state index in [4.69, 9.17) is 11.6 Å². The van der Waals surface area contributed by atoms with E-state index in [-0.39, 0.29) is 5.91 Å². The molecule has 5 rings (SSSR count). The quantitative estimate of drug-likeness (QED) is 0.357. The van der Waals surface area contributed by atoms with Crippen LogP contribution in [-0.2, 0) is 6.42 Å². The van der Waals surface area contributed by atoms with Gasteiger partial charge in [0.05, 0.1) is 11.4 Å². The van der Waals surface area contributed by atoms with Crippen molar-refractivity contribution in [1.82, 2.24) is 9.97 Å². The Morgan fingerprint density at radius 1 is 1.10 bits per heavy atom. The highest BCUT2D eigenvalue weighted by Crippen LogP contribution is 2.37. The number of amides is 1. The molecule has 0 aliphatic carbocycles. The van der Waals surface area contributed by atoms with Gasteiger partial charge in [0.25, 0.3) is 5.91 Å². The molecule has 0 bridgehead atoms. The highest BCUT2D eigenvalue weighted by atomic mass is 35.5. The van der Waals surface area contributed by atoms with Gasteiger partial charge in [0.1, 0.15) is 5.69 Å². The highest BCUT2D eigenvalue weighted by molar-refractivity contribution is 8.00. The van der Waals surface area contributed by atoms with Crippen LogP contribution in [0.2, 0.25) is 5.02 Å². The Morgan fingerprint density at radius 3 is 2.77 bits per heavy atom. The van der Waals surface area contributed by atoms with Crippen LogP contribution >= 0.6 is 34.9 Å². The fraction of sp³-hybridized carbons (Fsp3) is 0.0870. The number of hydrogen-bond donors (Lipinski definition) is 1. The van der Waals surface area contributed by atoms with Crippen LogP contribution in [0, 0.1) is 0 Å². The second-order valence-corrected chi connectivity index (χ2v) is 9.34. The molecule has 2 aromatic heterocycles. The van der Waals surface area contributed by atoms with Gasteiger partial charge in [0, 0.05) is 33.6 Å². The molecule has 1 aliphatic rings. The number of anilines is 2. The second kappa shape index (κ2) is 8.70. The molecule has 154 valence electrons. The first-order chi connectivity index (χ1) is 15.2. The van der Waals surface area contributed by atoms with Crippen LogP contribution in [0.25, 0.3) is 11.4 Å². The summed E-state index contributed by atoms with van der Waals surface area (Å²) in [4.78, 5) is 22.4. The maximum atomic E-state index is 12.6. The summed E-state index contributed by atoms with van der Waals surface area (Å²) in [7, 11) is 0. The molecule has 5 nitrogen and oxygen atoms in total. The molecule has 0 radical (unpaired) electrons. The number of thiazole rings is 1. The van der Waals surface area contributed by atoms with Gasteiger partial charge in [0.15, 0.2) is 5.13 Å². The van der Waals surface area contributed by atoms with E-state index in [0.29, 0.717) is 10.7 Å². The Kier molecular flexibility index (Phi) is 5.63. The Hall–Kier alpha value is -2.87. The molecule has 1 N–H and O–H groups in total. The van der Waals surface area contributed by atoms with Crippen molar-refractivity contribution in [3.8, 4) is 11.4 Å². The van der Waals surface area contributed by atoms with E-state index >= 15 is 0 Å². The first kappa shape index (κ1) is 20.1. The summed E-state index contributed by atoms with van der Waals surface area (Å²) in [6.07, 6.45) is 2.71. The first-order valence-corrected chi connectivity index (χ1v) is 11.7. The van der Waals surface area contributed by atoms with Gasteiger partial charge < -0.3 is 4.31 Å². The molecule has 0 unspecified atom stereocenters. The monoisotopic (exact) mass is 464 g/mol. The summed E-state index contributed by atoms with van der Waals surface area (Å²) in [5.74, 6) is -0.181. The fourth-order valence-corrected chi connectivity index (χ4v) is 5.23. The number of aromatic nitrogens is 2. The maximum absolute atomic E-state index is 12.6. The van der Waals surface area contributed by atoms with E-state index in [1.165, 1.54) is 22.6 Å². The molecule has 0 saturated carbocycles. The minimum Gasteiger partial charge on any atom is -0.312 e. The Morgan fingerprint density at radius 2 is 1.97 bits per heavy atom. The summed E-state index contributed by atoms with van der Waals surface area (Å²) < 4.78 is 2.26. The number of rotatable bonds is 5. The molecule has 8 heteroatoms. The van der Waals surface area contributed by atoms with Crippen molar-refractivity contribution < 1.29 is 4.79 Å². The number of benzene rings is 2. The molecule has 3 heterocycles. The maximum Gasteiger partial charge on any atom is 0.257 e. The van der Waals surface area contributed by atoms with Gasteiger partial charge in [-0.2, -0.15) is 0 Å². The Bertz CT molecular complexity index is 1230. The summed E-state index contributed by atoms with van der Waals surface area (Å²) in [6, 6.07) is 19.3. The number of nitrogens with zero attached hydrogens (tertiary/aromatic N) is 3. The number of fused-ring (bicyclic) bond motifs is 1. The van der Waals surface area contributed by atoms with E-state index in [1.807, 2.05) is 60.0 Å². The third kappa shape index (κ3) is 4.44. The molecule has 0 fully saturated rings. The van der Waals surface area contributed by atoms with Gasteiger partial charge in [-0.05, 0) is 78.5 Å². The van der Waals surface area contributed by atoms with Crippen LogP contribution in [0.3, 0.4) is 0 Å². The van der Waals surface area contributed by atoms with Crippen molar-refractivity contribution in [1.29, 1.82) is 0 Å². The SMILES string of the molecule is O=C(Nc1nc(-c2ccccn2)cs1)c1ccc(SN2CCc3cc(Cl)ccc32)cc1. The number of carbonyl (C=O) groups excluding carboxylic acids is 1. The average Bonchev–Trinajstić information content (AvgIpc) is 3.42. The van der Waals surface area contributed by atoms with E-state index in [1.54, 1.807) is 18.1 Å². The van der Waals surface area contributed by atoms with Gasteiger partial charge >= 0.3 is 0 Å². The van der Waals surface area contributed by atoms with E-state index < -0.39 is 0 Å². The molecule has 31 heavy (non-hydrogen) atoms. The number of carbonyl (C=O) groups is 1. The Labute approximate surface area is 193 Å². The lowest BCUT2D eigenvalue weighted by Crippen LogP contribution is -2.12. The van der Waals surface area contributed by atoms with Gasteiger partial charge in [-0.25, -0.2) is 4.98 Å². The molecular formula is C23H17ClN4OS2. The third-order valence-electron chi connectivity index (χ3n) is 4.88. The Balaban J connectivity index is 1.24. The third-order valence-corrected chi connectivity index (χ3v) is 6.95. The zero-order valence-corrected chi connectivity index (χ0v) is 18.7. The van der Waals surface area contributed by atoms with Gasteiger partial charge in [-0.1, -0.05) is 17.7 Å². The minimum atomic E-state index is -0.181. The smallest absolute Gasteiger partial charge is 0.257 e. The highest BCUT2D eigenvalue weighted by Gasteiger charge is 2.20. The number of nitrogens with one attached hydrogen (secondary N) is 1. The molecular weight excluding hydrogens is 448 g/mol. The molecule has 0 spiro atoms. The second-order valence-electron chi connectivity index (χ2n) is 6.95. The summed E-state index contributed by atoms with van der Waals surface area (Å²) in [6.45, 7) is 0.936. The summed E-state index contributed by atoms with van der Waals surface area (Å²) in [5, 5.41) is 6.08. The standard InChI is InChI=1S/C23H17ClN4OS2/c24-17-6-9-21-16(13-17)10-12-28(21)31-18-7-4-15(5-8-18)22(29)27-23-26-20(14-30-23)19-3-1-2-11-25-19/h1-9,11,13-14H,10,12H2,(H,26,27,29). The first-order valence-electron chi connectivity index (χ1n) is 9.68. The lowest BCUT2D eigenvalue weighted by molar-refractivity contribution is 0.102. The van der Waals surface area contributed by atoms with Gasteiger partial charge in [-0.15, -0.1) is 11.3 Å².